The highest BCUT2D eigenvalue weighted by Gasteiger charge is 2.30. The van der Waals surface area contributed by atoms with Crippen LogP contribution in [0.4, 0.5) is 5.82 Å². The van der Waals surface area contributed by atoms with Crippen LogP contribution < -0.4 is 5.32 Å². The van der Waals surface area contributed by atoms with Crippen LogP contribution in [0, 0.1) is 12.8 Å². The fourth-order valence-corrected chi connectivity index (χ4v) is 4.32. The van der Waals surface area contributed by atoms with Crippen LogP contribution in [0.3, 0.4) is 0 Å². The third-order valence-electron chi connectivity index (χ3n) is 5.23. The van der Waals surface area contributed by atoms with Gasteiger partial charge in [0.25, 0.3) is 0 Å². The molecule has 1 aromatic carbocycles. The van der Waals surface area contributed by atoms with Gasteiger partial charge in [-0.05, 0) is 57.2 Å². The van der Waals surface area contributed by atoms with E-state index in [1.807, 2.05) is 19.1 Å². The van der Waals surface area contributed by atoms with Crippen LogP contribution in [0.25, 0.3) is 16.9 Å². The van der Waals surface area contributed by atoms with Gasteiger partial charge in [0.15, 0.2) is 0 Å². The smallest absolute Gasteiger partial charge is 0.140 e. The van der Waals surface area contributed by atoms with Crippen molar-refractivity contribution < 1.29 is 0 Å². The molecule has 1 unspecified atom stereocenters. The van der Waals surface area contributed by atoms with E-state index in [1.54, 1.807) is 6.07 Å². The lowest BCUT2D eigenvalue weighted by Crippen LogP contribution is -2.34. The normalized spacial score (nSPS) is 18.7. The summed E-state index contributed by atoms with van der Waals surface area (Å²) in [5, 5.41) is 9.77. The van der Waals surface area contributed by atoms with Gasteiger partial charge in [-0.2, -0.15) is 5.10 Å². The molecule has 0 spiro atoms. The molecule has 0 bridgehead atoms. The maximum Gasteiger partial charge on any atom is 0.140 e. The molecule has 27 heavy (non-hydrogen) atoms. The fraction of sp³-hybridized carbons (Fsp3) is 0.476. The highest BCUT2D eigenvalue weighted by molar-refractivity contribution is 6.36. The summed E-state index contributed by atoms with van der Waals surface area (Å²) in [4.78, 5) is 2.50. The third kappa shape index (κ3) is 3.70. The maximum atomic E-state index is 6.52. The molecule has 0 saturated heterocycles. The number of hydrogen-bond acceptors (Lipinski definition) is 3. The summed E-state index contributed by atoms with van der Waals surface area (Å²) in [5.74, 6) is 3.02. The van der Waals surface area contributed by atoms with Gasteiger partial charge >= 0.3 is 0 Å². The van der Waals surface area contributed by atoms with Crippen molar-refractivity contribution in [3.05, 3.63) is 40.0 Å². The zero-order chi connectivity index (χ0) is 19.1. The first-order chi connectivity index (χ1) is 13.0. The van der Waals surface area contributed by atoms with Crippen molar-refractivity contribution in [1.29, 1.82) is 0 Å². The molecular weight excluding hydrogens is 379 g/mol. The van der Waals surface area contributed by atoms with E-state index in [0.29, 0.717) is 10.0 Å². The van der Waals surface area contributed by atoms with Gasteiger partial charge in [-0.15, -0.1) is 0 Å². The predicted octanol–water partition coefficient (Wildman–Crippen LogP) is 5.90. The topological polar surface area (TPSA) is 33.1 Å². The van der Waals surface area contributed by atoms with Gasteiger partial charge in [0.05, 0.1) is 10.7 Å². The van der Waals surface area contributed by atoms with Gasteiger partial charge in [0.1, 0.15) is 11.6 Å². The number of benzene rings is 1. The molecule has 1 saturated carbocycles. The molecule has 1 N–H and O–H groups in total. The third-order valence-corrected chi connectivity index (χ3v) is 5.78. The Hall–Kier alpha value is -1.65. The molecule has 2 aromatic rings. The number of halogens is 2. The molecule has 0 radical (unpaired) electrons. The van der Waals surface area contributed by atoms with Crippen LogP contribution in [-0.4, -0.2) is 33.8 Å². The first kappa shape index (κ1) is 18.7. The highest BCUT2D eigenvalue weighted by atomic mass is 35.5. The van der Waals surface area contributed by atoms with Crippen LogP contribution in [0.15, 0.2) is 24.3 Å². The van der Waals surface area contributed by atoms with Gasteiger partial charge in [-0.25, -0.2) is 4.68 Å². The molecule has 1 aliphatic heterocycles. The molecule has 4 rings (SSSR count). The number of nitrogens with zero attached hydrogens (tertiary/aromatic N) is 3. The molecular formula is C21H26Cl2N4. The number of aromatic nitrogens is 2. The van der Waals surface area contributed by atoms with Crippen molar-refractivity contribution in [2.75, 3.05) is 18.4 Å². The van der Waals surface area contributed by atoms with E-state index in [1.165, 1.54) is 18.7 Å². The summed E-state index contributed by atoms with van der Waals surface area (Å²) >= 11 is 12.6. The van der Waals surface area contributed by atoms with Gasteiger partial charge in [-0.1, -0.05) is 36.2 Å². The number of fused-ring (bicyclic) bond motifs is 1. The summed E-state index contributed by atoms with van der Waals surface area (Å²) in [7, 11) is 0. The minimum Gasteiger partial charge on any atom is -0.363 e. The molecule has 1 aliphatic carbocycles. The van der Waals surface area contributed by atoms with Gasteiger partial charge in [0, 0.05) is 35.3 Å². The molecule has 6 heteroatoms. The minimum absolute atomic E-state index is 0.229. The maximum absolute atomic E-state index is 6.52. The molecule has 1 atom stereocenters. The Morgan fingerprint density at radius 2 is 2.07 bits per heavy atom. The van der Waals surface area contributed by atoms with Crippen molar-refractivity contribution in [1.82, 2.24) is 14.7 Å². The van der Waals surface area contributed by atoms with E-state index in [0.717, 1.165) is 48.1 Å². The second-order valence-corrected chi connectivity index (χ2v) is 8.54. The van der Waals surface area contributed by atoms with E-state index in [9.17, 15) is 0 Å². The van der Waals surface area contributed by atoms with Gasteiger partial charge < -0.3 is 10.2 Å². The molecule has 1 aromatic heterocycles. The Balaban J connectivity index is 1.79. The number of hydrogen-bond donors (Lipinski definition) is 1. The monoisotopic (exact) mass is 404 g/mol. The summed E-state index contributed by atoms with van der Waals surface area (Å²) in [6.45, 7) is 8.62. The van der Waals surface area contributed by atoms with Crippen LogP contribution >= 0.6 is 23.2 Å². The Labute approximate surface area is 171 Å². The Bertz CT molecular complexity index is 883. The van der Waals surface area contributed by atoms with E-state index in [-0.39, 0.29) is 6.04 Å². The standard InChI is InChI=1S/C21H26Cl2N4/c1-4-9-26(12-15-5-6-15)19-10-13(2)24-21-20(14(3)25-27(19)21)17-8-7-16(22)11-18(17)23/h7-8,10-11,13,15,24H,4-6,9,12H2,1-3H3. The molecule has 4 nitrogen and oxygen atoms in total. The lowest BCUT2D eigenvalue weighted by atomic mass is 10.0. The summed E-state index contributed by atoms with van der Waals surface area (Å²) in [5.41, 5.74) is 2.98. The van der Waals surface area contributed by atoms with Crippen LogP contribution in [0.2, 0.25) is 10.0 Å². The first-order valence-electron chi connectivity index (χ1n) is 9.76. The highest BCUT2D eigenvalue weighted by Crippen LogP contribution is 2.41. The molecule has 1 fully saturated rings. The van der Waals surface area contributed by atoms with Crippen LogP contribution in [-0.2, 0) is 0 Å². The SMILES string of the molecule is CCCN(CC1CC1)C1=CC(C)Nc2c(-c3ccc(Cl)cc3Cl)c(C)nn21. The van der Waals surface area contributed by atoms with Crippen LogP contribution in [0.1, 0.15) is 38.8 Å². The van der Waals surface area contributed by atoms with E-state index >= 15 is 0 Å². The zero-order valence-corrected chi connectivity index (χ0v) is 17.6. The lowest BCUT2D eigenvalue weighted by molar-refractivity contribution is 0.355. The number of nitrogens with one attached hydrogen (secondary N) is 1. The lowest BCUT2D eigenvalue weighted by Gasteiger charge is -2.32. The second-order valence-electron chi connectivity index (χ2n) is 7.69. The number of rotatable bonds is 6. The zero-order valence-electron chi connectivity index (χ0n) is 16.1. The molecule has 0 amide bonds. The number of anilines is 1. The van der Waals surface area contributed by atoms with Crippen LogP contribution in [0.5, 0.6) is 0 Å². The summed E-state index contributed by atoms with van der Waals surface area (Å²) in [6, 6.07) is 5.88. The Morgan fingerprint density at radius 1 is 1.30 bits per heavy atom. The Kier molecular flexibility index (Phi) is 5.13. The van der Waals surface area contributed by atoms with E-state index < -0.39 is 0 Å². The van der Waals surface area contributed by atoms with E-state index in [2.05, 4.69) is 34.8 Å². The molecule has 2 aliphatic rings. The fourth-order valence-electron chi connectivity index (χ4n) is 3.81. The minimum atomic E-state index is 0.229. The molecule has 2 heterocycles. The van der Waals surface area contributed by atoms with Gasteiger partial charge in [0.2, 0.25) is 0 Å². The average Bonchev–Trinajstić information content (AvgIpc) is 3.37. The van der Waals surface area contributed by atoms with Crippen molar-refractivity contribution in [3.63, 3.8) is 0 Å². The van der Waals surface area contributed by atoms with Crippen molar-refractivity contribution in [2.24, 2.45) is 5.92 Å². The number of aryl methyl sites for hydroxylation is 1. The average molecular weight is 405 g/mol. The quantitative estimate of drug-likeness (QED) is 0.650. The predicted molar refractivity (Wildman–Crippen MR) is 114 cm³/mol. The second kappa shape index (κ2) is 7.40. The van der Waals surface area contributed by atoms with Crippen molar-refractivity contribution >= 4 is 34.8 Å². The summed E-state index contributed by atoms with van der Waals surface area (Å²) in [6.07, 6.45) is 6.10. The van der Waals surface area contributed by atoms with Crippen molar-refractivity contribution in [2.45, 2.75) is 46.1 Å². The summed E-state index contributed by atoms with van der Waals surface area (Å²) < 4.78 is 2.06. The largest absolute Gasteiger partial charge is 0.363 e. The molecule has 144 valence electrons. The Morgan fingerprint density at radius 3 is 2.74 bits per heavy atom. The first-order valence-corrected chi connectivity index (χ1v) is 10.5. The van der Waals surface area contributed by atoms with Gasteiger partial charge in [-0.3, -0.25) is 0 Å². The van der Waals surface area contributed by atoms with E-state index in [4.69, 9.17) is 28.3 Å². The van der Waals surface area contributed by atoms with Crippen molar-refractivity contribution in [3.8, 4) is 11.1 Å².